The second-order valence-electron chi connectivity index (χ2n) is 4.33. The molecule has 5 nitrogen and oxygen atoms in total. The summed E-state index contributed by atoms with van der Waals surface area (Å²) in [7, 11) is 1.58. The molecular weight excluding hydrogens is 326 g/mol. The van der Waals surface area contributed by atoms with E-state index < -0.39 is 0 Å². The molecule has 110 valence electrons. The summed E-state index contributed by atoms with van der Waals surface area (Å²) >= 11 is 3.42. The van der Waals surface area contributed by atoms with Crippen molar-refractivity contribution >= 4 is 21.8 Å². The number of rotatable bonds is 4. The van der Waals surface area contributed by atoms with Crippen molar-refractivity contribution in [2.45, 2.75) is 6.92 Å². The maximum Gasteiger partial charge on any atom is 0.254 e. The van der Waals surface area contributed by atoms with Crippen molar-refractivity contribution in [2.24, 2.45) is 0 Å². The SMILES string of the molecule is CCOc1cc(C(=O)N2CCOCC2)cc(Br)c1OC. The molecule has 2 rings (SSSR count). The summed E-state index contributed by atoms with van der Waals surface area (Å²) in [6.45, 7) is 4.81. The third-order valence-electron chi connectivity index (χ3n) is 3.06. The van der Waals surface area contributed by atoms with Crippen molar-refractivity contribution < 1.29 is 19.0 Å². The van der Waals surface area contributed by atoms with Crippen molar-refractivity contribution in [3.8, 4) is 11.5 Å². The molecule has 0 aromatic heterocycles. The minimum atomic E-state index is -0.0161. The van der Waals surface area contributed by atoms with Gasteiger partial charge in [0.15, 0.2) is 11.5 Å². The Labute approximate surface area is 126 Å². The van der Waals surface area contributed by atoms with E-state index in [0.717, 1.165) is 0 Å². The number of ether oxygens (including phenoxy) is 3. The first-order valence-electron chi connectivity index (χ1n) is 6.54. The Kier molecular flexibility index (Phi) is 5.25. The van der Waals surface area contributed by atoms with Gasteiger partial charge < -0.3 is 19.1 Å². The van der Waals surface area contributed by atoms with E-state index in [4.69, 9.17) is 14.2 Å². The Morgan fingerprint density at radius 1 is 1.40 bits per heavy atom. The summed E-state index contributed by atoms with van der Waals surface area (Å²) in [5.41, 5.74) is 0.586. The normalized spacial score (nSPS) is 15.1. The molecule has 0 saturated carbocycles. The second-order valence-corrected chi connectivity index (χ2v) is 5.18. The van der Waals surface area contributed by atoms with Crippen LogP contribution >= 0.6 is 15.9 Å². The van der Waals surface area contributed by atoms with Gasteiger partial charge in [-0.3, -0.25) is 4.79 Å². The molecule has 0 aliphatic carbocycles. The largest absolute Gasteiger partial charge is 0.492 e. The van der Waals surface area contributed by atoms with Crippen LogP contribution in [0.2, 0.25) is 0 Å². The fourth-order valence-corrected chi connectivity index (χ4v) is 2.71. The molecule has 20 heavy (non-hydrogen) atoms. The number of halogens is 1. The van der Waals surface area contributed by atoms with Crippen LogP contribution < -0.4 is 9.47 Å². The molecule has 0 atom stereocenters. The van der Waals surface area contributed by atoms with Crippen molar-refractivity contribution in [2.75, 3.05) is 40.0 Å². The van der Waals surface area contributed by atoms with E-state index in [-0.39, 0.29) is 5.91 Å². The molecule has 1 fully saturated rings. The van der Waals surface area contributed by atoms with Gasteiger partial charge in [-0.05, 0) is 35.0 Å². The molecule has 1 aliphatic heterocycles. The average molecular weight is 344 g/mol. The number of nitrogens with zero attached hydrogens (tertiary/aromatic N) is 1. The topological polar surface area (TPSA) is 48.0 Å². The molecule has 0 spiro atoms. The Morgan fingerprint density at radius 3 is 2.70 bits per heavy atom. The number of hydrogen-bond donors (Lipinski definition) is 0. The lowest BCUT2D eigenvalue weighted by Crippen LogP contribution is -2.40. The first-order valence-corrected chi connectivity index (χ1v) is 7.34. The first kappa shape index (κ1) is 15.1. The van der Waals surface area contributed by atoms with Crippen LogP contribution in [0.4, 0.5) is 0 Å². The highest BCUT2D eigenvalue weighted by atomic mass is 79.9. The summed E-state index contributed by atoms with van der Waals surface area (Å²) in [6, 6.07) is 3.49. The van der Waals surface area contributed by atoms with E-state index in [9.17, 15) is 4.79 Å². The third-order valence-corrected chi connectivity index (χ3v) is 3.65. The summed E-state index contributed by atoms with van der Waals surface area (Å²) < 4.78 is 16.8. The van der Waals surface area contributed by atoms with Gasteiger partial charge in [-0.1, -0.05) is 0 Å². The van der Waals surface area contributed by atoms with Crippen LogP contribution in [0, 0.1) is 0 Å². The van der Waals surface area contributed by atoms with Crippen molar-refractivity contribution in [3.05, 3.63) is 22.2 Å². The lowest BCUT2D eigenvalue weighted by atomic mass is 10.1. The first-order chi connectivity index (χ1) is 9.67. The monoisotopic (exact) mass is 343 g/mol. The lowest BCUT2D eigenvalue weighted by Gasteiger charge is -2.27. The molecule has 1 saturated heterocycles. The fourth-order valence-electron chi connectivity index (χ4n) is 2.10. The minimum Gasteiger partial charge on any atom is -0.492 e. The predicted molar refractivity (Wildman–Crippen MR) is 78.6 cm³/mol. The quantitative estimate of drug-likeness (QED) is 0.841. The fraction of sp³-hybridized carbons (Fsp3) is 0.500. The summed E-state index contributed by atoms with van der Waals surface area (Å²) in [5.74, 6) is 1.16. The van der Waals surface area contributed by atoms with Gasteiger partial charge in [0.05, 0.1) is 31.4 Å². The van der Waals surface area contributed by atoms with Crippen LogP contribution in [0.1, 0.15) is 17.3 Å². The van der Waals surface area contributed by atoms with Crippen LogP contribution in [0.15, 0.2) is 16.6 Å². The molecule has 1 aromatic rings. The maximum absolute atomic E-state index is 12.5. The van der Waals surface area contributed by atoms with Crippen LogP contribution in [-0.4, -0.2) is 50.8 Å². The van der Waals surface area contributed by atoms with Gasteiger partial charge in [-0.2, -0.15) is 0 Å². The van der Waals surface area contributed by atoms with Gasteiger partial charge in [0.2, 0.25) is 0 Å². The van der Waals surface area contributed by atoms with Crippen molar-refractivity contribution in [1.82, 2.24) is 4.90 Å². The molecule has 0 N–H and O–H groups in total. The zero-order valence-corrected chi connectivity index (χ0v) is 13.2. The minimum absolute atomic E-state index is 0.0161. The highest BCUT2D eigenvalue weighted by Crippen LogP contribution is 2.36. The van der Waals surface area contributed by atoms with Gasteiger partial charge in [0.25, 0.3) is 5.91 Å². The van der Waals surface area contributed by atoms with E-state index in [1.807, 2.05) is 6.92 Å². The van der Waals surface area contributed by atoms with Crippen LogP contribution in [-0.2, 0) is 4.74 Å². The zero-order valence-electron chi connectivity index (χ0n) is 11.6. The number of morpholine rings is 1. The molecule has 6 heteroatoms. The maximum atomic E-state index is 12.5. The number of carbonyl (C=O) groups is 1. The highest BCUT2D eigenvalue weighted by Gasteiger charge is 2.21. The number of methoxy groups -OCH3 is 1. The van der Waals surface area contributed by atoms with E-state index in [1.165, 1.54) is 0 Å². The number of benzene rings is 1. The number of hydrogen-bond acceptors (Lipinski definition) is 4. The smallest absolute Gasteiger partial charge is 0.254 e. The molecule has 0 bridgehead atoms. The summed E-state index contributed by atoms with van der Waals surface area (Å²) in [6.07, 6.45) is 0. The van der Waals surface area contributed by atoms with Gasteiger partial charge in [0.1, 0.15) is 0 Å². The van der Waals surface area contributed by atoms with Crippen molar-refractivity contribution in [1.29, 1.82) is 0 Å². The Morgan fingerprint density at radius 2 is 2.10 bits per heavy atom. The van der Waals surface area contributed by atoms with Crippen LogP contribution in [0.3, 0.4) is 0 Å². The molecular formula is C14H18BrNO4. The Bertz CT molecular complexity index is 486. The van der Waals surface area contributed by atoms with Crippen molar-refractivity contribution in [3.63, 3.8) is 0 Å². The third kappa shape index (κ3) is 3.24. The van der Waals surface area contributed by atoms with Gasteiger partial charge in [0, 0.05) is 18.7 Å². The van der Waals surface area contributed by atoms with Gasteiger partial charge >= 0.3 is 0 Å². The molecule has 1 amide bonds. The van der Waals surface area contributed by atoms with E-state index >= 15 is 0 Å². The van der Waals surface area contributed by atoms with Gasteiger partial charge in [-0.15, -0.1) is 0 Å². The van der Waals surface area contributed by atoms with E-state index in [1.54, 1.807) is 24.1 Å². The summed E-state index contributed by atoms with van der Waals surface area (Å²) in [5, 5.41) is 0. The summed E-state index contributed by atoms with van der Waals surface area (Å²) in [4.78, 5) is 14.2. The molecule has 0 unspecified atom stereocenters. The molecule has 1 heterocycles. The Hall–Kier alpha value is -1.27. The highest BCUT2D eigenvalue weighted by molar-refractivity contribution is 9.10. The van der Waals surface area contributed by atoms with Crippen LogP contribution in [0.5, 0.6) is 11.5 Å². The second kappa shape index (κ2) is 6.95. The number of amides is 1. The zero-order chi connectivity index (χ0) is 14.5. The molecule has 1 aliphatic rings. The van der Waals surface area contributed by atoms with Gasteiger partial charge in [-0.25, -0.2) is 0 Å². The molecule has 0 radical (unpaired) electrons. The van der Waals surface area contributed by atoms with E-state index in [0.29, 0.717) is 54.4 Å². The molecule has 1 aromatic carbocycles. The standard InChI is InChI=1S/C14H18BrNO4/c1-3-20-12-9-10(8-11(15)13(12)18-2)14(17)16-4-6-19-7-5-16/h8-9H,3-7H2,1-2H3. The lowest BCUT2D eigenvalue weighted by molar-refractivity contribution is 0.0302. The van der Waals surface area contributed by atoms with E-state index in [2.05, 4.69) is 15.9 Å². The Balaban J connectivity index is 2.29. The van der Waals surface area contributed by atoms with Crippen LogP contribution in [0.25, 0.3) is 0 Å². The number of carbonyl (C=O) groups excluding carboxylic acids is 1. The average Bonchev–Trinajstić information content (AvgIpc) is 2.47. The predicted octanol–water partition coefficient (Wildman–Crippen LogP) is 2.33.